The van der Waals surface area contributed by atoms with Crippen LogP contribution in [-0.4, -0.2) is 35.7 Å². The van der Waals surface area contributed by atoms with Crippen LogP contribution >= 0.6 is 0 Å². The van der Waals surface area contributed by atoms with Gasteiger partial charge >= 0.3 is 0 Å². The molecule has 0 amide bonds. The first-order valence-electron chi connectivity index (χ1n) is 6.66. The van der Waals surface area contributed by atoms with Crippen LogP contribution in [0.25, 0.3) is 0 Å². The Balaban J connectivity index is 1.76. The largest absolute Gasteiger partial charge is 0.308 e. The zero-order valence-corrected chi connectivity index (χ0v) is 12.1. The van der Waals surface area contributed by atoms with Crippen LogP contribution in [0.15, 0.2) is 35.5 Å². The maximum atomic E-state index is 13.4. The predicted octanol–water partition coefficient (Wildman–Crippen LogP) is 0.925. The number of halogens is 1. The third-order valence-electron chi connectivity index (χ3n) is 3.56. The van der Waals surface area contributed by atoms with Gasteiger partial charge in [0.2, 0.25) is 0 Å². The number of fused-ring (bicyclic) bond motifs is 1. The van der Waals surface area contributed by atoms with Gasteiger partial charge in [-0.3, -0.25) is 4.68 Å². The molecule has 1 aromatic heterocycles. The molecule has 0 fully saturated rings. The molecule has 8 heteroatoms. The smallest absolute Gasteiger partial charge is 0.178 e. The highest BCUT2D eigenvalue weighted by Gasteiger charge is 2.30. The zero-order valence-electron chi connectivity index (χ0n) is 11.2. The van der Waals surface area contributed by atoms with E-state index < -0.39 is 15.7 Å². The molecule has 2 heterocycles. The van der Waals surface area contributed by atoms with Crippen LogP contribution < -0.4 is 5.32 Å². The van der Waals surface area contributed by atoms with Crippen molar-refractivity contribution < 1.29 is 12.8 Å². The van der Waals surface area contributed by atoms with E-state index in [1.165, 1.54) is 18.2 Å². The molecule has 0 bridgehead atoms. The van der Waals surface area contributed by atoms with Gasteiger partial charge in [0.1, 0.15) is 5.82 Å². The van der Waals surface area contributed by atoms with E-state index in [1.54, 1.807) is 17.1 Å². The highest BCUT2D eigenvalue weighted by atomic mass is 32.2. The molecular formula is C13H15FN4O2S. The lowest BCUT2D eigenvalue weighted by molar-refractivity contribution is 0.455. The van der Waals surface area contributed by atoms with Gasteiger partial charge < -0.3 is 5.32 Å². The van der Waals surface area contributed by atoms with Crippen LogP contribution in [0.3, 0.4) is 0 Å². The molecule has 0 spiro atoms. The van der Waals surface area contributed by atoms with E-state index in [2.05, 4.69) is 15.6 Å². The summed E-state index contributed by atoms with van der Waals surface area (Å²) in [5.41, 5.74) is 0.514. The SMILES string of the molecule is O=S1(=O)CCC(NCCn2ccnn2)c2cc(F)ccc21. The topological polar surface area (TPSA) is 76.9 Å². The average molecular weight is 310 g/mol. The highest BCUT2D eigenvalue weighted by molar-refractivity contribution is 7.91. The fraction of sp³-hybridized carbons (Fsp3) is 0.385. The molecule has 3 rings (SSSR count). The van der Waals surface area contributed by atoms with Crippen LogP contribution in [0.5, 0.6) is 0 Å². The Kier molecular flexibility index (Phi) is 3.73. The average Bonchev–Trinajstić information content (AvgIpc) is 2.94. The summed E-state index contributed by atoms with van der Waals surface area (Å²) in [6, 6.07) is 3.68. The van der Waals surface area contributed by atoms with Crippen molar-refractivity contribution in [3.05, 3.63) is 42.0 Å². The molecule has 0 aliphatic carbocycles. The van der Waals surface area contributed by atoms with Gasteiger partial charge in [0.25, 0.3) is 0 Å². The molecule has 0 radical (unpaired) electrons. The van der Waals surface area contributed by atoms with E-state index in [-0.39, 0.29) is 16.7 Å². The Labute approximate surface area is 121 Å². The van der Waals surface area contributed by atoms with Crippen molar-refractivity contribution >= 4 is 9.84 Å². The minimum atomic E-state index is -3.29. The van der Waals surface area contributed by atoms with Crippen LogP contribution in [-0.2, 0) is 16.4 Å². The number of nitrogens with one attached hydrogen (secondary N) is 1. The molecule has 21 heavy (non-hydrogen) atoms. The second-order valence-electron chi connectivity index (χ2n) is 4.96. The van der Waals surface area contributed by atoms with E-state index in [9.17, 15) is 12.8 Å². The Bertz CT molecular complexity index is 731. The monoisotopic (exact) mass is 310 g/mol. The van der Waals surface area contributed by atoms with Gasteiger partial charge in [-0.15, -0.1) is 5.10 Å². The Hall–Kier alpha value is -1.80. The van der Waals surface area contributed by atoms with Crippen molar-refractivity contribution in [3.63, 3.8) is 0 Å². The quantitative estimate of drug-likeness (QED) is 0.850. The summed E-state index contributed by atoms with van der Waals surface area (Å²) in [5, 5.41) is 10.8. The van der Waals surface area contributed by atoms with Crippen LogP contribution in [0.4, 0.5) is 4.39 Å². The van der Waals surface area contributed by atoms with Crippen molar-refractivity contribution in [2.45, 2.75) is 23.9 Å². The van der Waals surface area contributed by atoms with Gasteiger partial charge in [0.05, 0.1) is 23.4 Å². The first-order chi connectivity index (χ1) is 10.1. The van der Waals surface area contributed by atoms with Gasteiger partial charge in [-0.1, -0.05) is 5.21 Å². The summed E-state index contributed by atoms with van der Waals surface area (Å²) in [7, 11) is -3.29. The molecule has 1 atom stereocenters. The number of rotatable bonds is 4. The summed E-state index contributed by atoms with van der Waals surface area (Å²) < 4.78 is 39.1. The standard InChI is InChI=1S/C13H15FN4O2S/c14-10-1-2-13-11(9-10)12(3-8-21(13,19)20)15-4-6-18-7-5-16-17-18/h1-2,5,7,9,12,15H,3-4,6,8H2. The molecule has 1 N–H and O–H groups in total. The zero-order chi connectivity index (χ0) is 14.9. The molecule has 1 aliphatic rings. The summed E-state index contributed by atoms with van der Waals surface area (Å²) in [6.07, 6.45) is 3.79. The lowest BCUT2D eigenvalue weighted by Crippen LogP contribution is -2.32. The third kappa shape index (κ3) is 2.96. The van der Waals surface area contributed by atoms with Gasteiger partial charge in [-0.25, -0.2) is 12.8 Å². The Morgan fingerprint density at radius 1 is 1.43 bits per heavy atom. The van der Waals surface area contributed by atoms with Gasteiger partial charge in [0, 0.05) is 18.8 Å². The van der Waals surface area contributed by atoms with Crippen molar-refractivity contribution in [2.75, 3.05) is 12.3 Å². The Morgan fingerprint density at radius 3 is 3.05 bits per heavy atom. The Morgan fingerprint density at radius 2 is 2.29 bits per heavy atom. The molecule has 6 nitrogen and oxygen atoms in total. The molecule has 0 saturated carbocycles. The second kappa shape index (κ2) is 5.53. The molecule has 1 aliphatic heterocycles. The summed E-state index contributed by atoms with van der Waals surface area (Å²) in [5.74, 6) is -0.346. The fourth-order valence-corrected chi connectivity index (χ4v) is 4.13. The maximum absolute atomic E-state index is 13.4. The van der Waals surface area contributed by atoms with Crippen molar-refractivity contribution in [1.82, 2.24) is 20.3 Å². The normalized spacial score (nSPS) is 20.1. The number of aromatic nitrogens is 3. The fourth-order valence-electron chi connectivity index (χ4n) is 2.53. The number of sulfone groups is 1. The van der Waals surface area contributed by atoms with Crippen molar-refractivity contribution in [1.29, 1.82) is 0 Å². The first kappa shape index (κ1) is 14.2. The molecule has 0 saturated heterocycles. The minimum Gasteiger partial charge on any atom is -0.308 e. The highest BCUT2D eigenvalue weighted by Crippen LogP contribution is 2.32. The van der Waals surface area contributed by atoms with Gasteiger partial charge in [-0.05, 0) is 30.2 Å². The van der Waals surface area contributed by atoms with Crippen LogP contribution in [0, 0.1) is 5.82 Å². The van der Waals surface area contributed by atoms with E-state index in [0.717, 1.165) is 0 Å². The molecule has 1 unspecified atom stereocenters. The van der Waals surface area contributed by atoms with E-state index >= 15 is 0 Å². The molecule has 2 aromatic rings. The number of hydrogen-bond acceptors (Lipinski definition) is 5. The van der Waals surface area contributed by atoms with Gasteiger partial charge in [-0.2, -0.15) is 0 Å². The summed E-state index contributed by atoms with van der Waals surface area (Å²) in [4.78, 5) is 0.230. The predicted molar refractivity (Wildman–Crippen MR) is 73.8 cm³/mol. The summed E-state index contributed by atoms with van der Waals surface area (Å²) in [6.45, 7) is 1.22. The first-order valence-corrected chi connectivity index (χ1v) is 8.31. The lowest BCUT2D eigenvalue weighted by Gasteiger charge is -2.26. The molecule has 1 aromatic carbocycles. The molecular weight excluding hydrogens is 295 g/mol. The van der Waals surface area contributed by atoms with E-state index in [4.69, 9.17) is 0 Å². The van der Waals surface area contributed by atoms with E-state index in [1.807, 2.05) is 0 Å². The third-order valence-corrected chi connectivity index (χ3v) is 5.38. The van der Waals surface area contributed by atoms with Crippen molar-refractivity contribution in [3.8, 4) is 0 Å². The summed E-state index contributed by atoms with van der Waals surface area (Å²) >= 11 is 0. The van der Waals surface area contributed by atoms with Crippen LogP contribution in [0.2, 0.25) is 0 Å². The number of benzene rings is 1. The lowest BCUT2D eigenvalue weighted by atomic mass is 10.0. The van der Waals surface area contributed by atoms with E-state index in [0.29, 0.717) is 25.1 Å². The number of hydrogen-bond donors (Lipinski definition) is 1. The van der Waals surface area contributed by atoms with Crippen LogP contribution in [0.1, 0.15) is 18.0 Å². The molecule has 112 valence electrons. The number of nitrogens with zero attached hydrogens (tertiary/aromatic N) is 3. The minimum absolute atomic E-state index is 0.0760. The second-order valence-corrected chi connectivity index (χ2v) is 7.04. The van der Waals surface area contributed by atoms with Crippen molar-refractivity contribution in [2.24, 2.45) is 0 Å². The van der Waals surface area contributed by atoms with Gasteiger partial charge in [0.15, 0.2) is 9.84 Å². The maximum Gasteiger partial charge on any atom is 0.178 e.